The Kier molecular flexibility index (Phi) is 4.21. The van der Waals surface area contributed by atoms with Crippen molar-refractivity contribution in [2.24, 2.45) is 5.84 Å². The lowest BCUT2D eigenvalue weighted by molar-refractivity contribution is 0.102. The van der Waals surface area contributed by atoms with Gasteiger partial charge in [0.05, 0.1) is 16.9 Å². The van der Waals surface area contributed by atoms with Gasteiger partial charge in [0, 0.05) is 12.2 Å². The highest BCUT2D eigenvalue weighted by Crippen LogP contribution is 2.18. The van der Waals surface area contributed by atoms with Crippen LogP contribution in [0.1, 0.15) is 30.4 Å². The first-order valence-corrected chi connectivity index (χ1v) is 6.37. The smallest absolute Gasteiger partial charge is 0.275 e. The molecule has 0 bridgehead atoms. The molecule has 20 heavy (non-hydrogen) atoms. The number of pyridine rings is 1. The molecule has 0 saturated carbocycles. The van der Waals surface area contributed by atoms with Crippen LogP contribution in [0.2, 0.25) is 5.02 Å². The van der Waals surface area contributed by atoms with E-state index in [0.29, 0.717) is 11.5 Å². The highest BCUT2D eigenvalue weighted by Gasteiger charge is 2.14. The number of nitrogens with two attached hydrogens (primary N) is 1. The normalized spacial score (nSPS) is 10.7. The fourth-order valence-electron chi connectivity index (χ4n) is 1.56. The second kappa shape index (κ2) is 5.89. The molecular formula is C12H15ClN6O. The van der Waals surface area contributed by atoms with E-state index in [1.165, 1.54) is 0 Å². The molecule has 0 radical (unpaired) electrons. The summed E-state index contributed by atoms with van der Waals surface area (Å²) < 4.78 is 1.74. The van der Waals surface area contributed by atoms with Crippen molar-refractivity contribution < 1.29 is 4.79 Å². The third-order valence-corrected chi connectivity index (χ3v) is 2.90. The number of carbonyl (C=O) groups is 1. The maximum Gasteiger partial charge on any atom is 0.275 e. The van der Waals surface area contributed by atoms with E-state index in [4.69, 9.17) is 17.4 Å². The summed E-state index contributed by atoms with van der Waals surface area (Å²) in [4.78, 5) is 16.1. The van der Waals surface area contributed by atoms with Crippen LogP contribution < -0.4 is 16.6 Å². The summed E-state index contributed by atoms with van der Waals surface area (Å²) in [5.74, 6) is 5.20. The lowest BCUT2D eigenvalue weighted by Crippen LogP contribution is -2.16. The second-order valence-electron chi connectivity index (χ2n) is 4.43. The Bertz CT molecular complexity index is 624. The predicted octanol–water partition coefficient (Wildman–Crippen LogP) is 2.05. The summed E-state index contributed by atoms with van der Waals surface area (Å²) >= 11 is 5.96. The number of hydrazine groups is 1. The average molecular weight is 295 g/mol. The van der Waals surface area contributed by atoms with Gasteiger partial charge in [-0.25, -0.2) is 10.8 Å². The van der Waals surface area contributed by atoms with Crippen LogP contribution in [0.3, 0.4) is 0 Å². The third kappa shape index (κ3) is 3.06. The number of hydrogen-bond donors (Lipinski definition) is 3. The first kappa shape index (κ1) is 14.3. The molecule has 0 aromatic carbocycles. The summed E-state index contributed by atoms with van der Waals surface area (Å²) in [6, 6.07) is 3.35. The summed E-state index contributed by atoms with van der Waals surface area (Å²) in [5.41, 5.74) is 3.04. The Morgan fingerprint density at radius 3 is 2.80 bits per heavy atom. The molecule has 0 aliphatic rings. The standard InChI is InChI=1S/C12H15ClN6O/c1-7(2)19-6-8(5-15-19)16-12(20)11-9(13)3-4-10(17-11)18-14/h3-7H,14H2,1-2H3,(H,16,20)(H,17,18). The lowest BCUT2D eigenvalue weighted by atomic mass is 10.3. The van der Waals surface area contributed by atoms with Crippen molar-refractivity contribution in [3.05, 3.63) is 35.2 Å². The van der Waals surface area contributed by atoms with Crippen molar-refractivity contribution in [3.8, 4) is 0 Å². The molecule has 0 atom stereocenters. The fraction of sp³-hybridized carbons (Fsp3) is 0.250. The summed E-state index contributed by atoms with van der Waals surface area (Å²) in [7, 11) is 0. The summed E-state index contributed by atoms with van der Waals surface area (Å²) in [5, 5.41) is 7.07. The minimum Gasteiger partial charge on any atom is -0.318 e. The highest BCUT2D eigenvalue weighted by atomic mass is 35.5. The maximum atomic E-state index is 12.1. The van der Waals surface area contributed by atoms with Crippen LogP contribution in [0.5, 0.6) is 0 Å². The number of amides is 1. The summed E-state index contributed by atoms with van der Waals surface area (Å²) in [6.07, 6.45) is 3.30. The first-order valence-electron chi connectivity index (χ1n) is 6.00. The Hall–Kier alpha value is -2.12. The predicted molar refractivity (Wildman–Crippen MR) is 77.6 cm³/mol. The number of rotatable bonds is 4. The molecule has 4 N–H and O–H groups in total. The van der Waals surface area contributed by atoms with Crippen molar-refractivity contribution in [1.29, 1.82) is 0 Å². The molecule has 0 saturated heterocycles. The minimum absolute atomic E-state index is 0.0967. The molecule has 8 heteroatoms. The molecule has 0 aliphatic heterocycles. The fourth-order valence-corrected chi connectivity index (χ4v) is 1.75. The number of carbonyl (C=O) groups excluding carboxylic acids is 1. The van der Waals surface area contributed by atoms with Gasteiger partial charge in [-0.05, 0) is 26.0 Å². The largest absolute Gasteiger partial charge is 0.318 e. The topological polar surface area (TPSA) is 97.9 Å². The van der Waals surface area contributed by atoms with Gasteiger partial charge in [-0.1, -0.05) is 11.6 Å². The first-order chi connectivity index (χ1) is 9.51. The Morgan fingerprint density at radius 2 is 2.20 bits per heavy atom. The van der Waals surface area contributed by atoms with Gasteiger partial charge in [0.25, 0.3) is 5.91 Å². The third-order valence-electron chi connectivity index (χ3n) is 2.60. The van der Waals surface area contributed by atoms with Gasteiger partial charge in [0.2, 0.25) is 0 Å². The van der Waals surface area contributed by atoms with Gasteiger partial charge in [-0.3, -0.25) is 9.48 Å². The molecule has 7 nitrogen and oxygen atoms in total. The van der Waals surface area contributed by atoms with Crippen LogP contribution in [0.25, 0.3) is 0 Å². The average Bonchev–Trinajstić information content (AvgIpc) is 2.88. The highest BCUT2D eigenvalue weighted by molar-refractivity contribution is 6.34. The molecule has 1 amide bonds. The SMILES string of the molecule is CC(C)n1cc(NC(=O)c2nc(NN)ccc2Cl)cn1. The van der Waals surface area contributed by atoms with Crippen molar-refractivity contribution in [2.75, 3.05) is 10.7 Å². The zero-order valence-electron chi connectivity index (χ0n) is 11.1. The molecule has 106 valence electrons. The monoisotopic (exact) mass is 294 g/mol. The second-order valence-corrected chi connectivity index (χ2v) is 4.84. The van der Waals surface area contributed by atoms with E-state index in [-0.39, 0.29) is 16.8 Å². The van der Waals surface area contributed by atoms with Gasteiger partial charge in [0.15, 0.2) is 0 Å². The van der Waals surface area contributed by atoms with E-state index in [1.807, 2.05) is 13.8 Å². The van der Waals surface area contributed by atoms with E-state index in [2.05, 4.69) is 20.8 Å². The summed E-state index contributed by atoms with van der Waals surface area (Å²) in [6.45, 7) is 3.99. The maximum absolute atomic E-state index is 12.1. The van der Waals surface area contributed by atoms with Crippen molar-refractivity contribution >= 4 is 29.0 Å². The van der Waals surface area contributed by atoms with Crippen LogP contribution in [0.15, 0.2) is 24.5 Å². The van der Waals surface area contributed by atoms with Gasteiger partial charge in [0.1, 0.15) is 11.5 Å². The molecule has 2 aromatic heterocycles. The number of nitrogens with one attached hydrogen (secondary N) is 2. The molecule has 2 heterocycles. The molecule has 0 fully saturated rings. The molecule has 0 unspecified atom stereocenters. The van der Waals surface area contributed by atoms with Crippen LogP contribution >= 0.6 is 11.6 Å². The number of aromatic nitrogens is 3. The number of nitrogen functional groups attached to an aromatic ring is 1. The van der Waals surface area contributed by atoms with E-state index < -0.39 is 5.91 Å². The number of anilines is 2. The van der Waals surface area contributed by atoms with Gasteiger partial charge in [-0.2, -0.15) is 5.10 Å². The lowest BCUT2D eigenvalue weighted by Gasteiger charge is -2.06. The molecule has 2 rings (SSSR count). The van der Waals surface area contributed by atoms with Crippen molar-refractivity contribution in [2.45, 2.75) is 19.9 Å². The van der Waals surface area contributed by atoms with E-state index in [1.54, 1.807) is 29.2 Å². The molecule has 2 aromatic rings. The van der Waals surface area contributed by atoms with Gasteiger partial charge in [-0.15, -0.1) is 0 Å². The zero-order valence-corrected chi connectivity index (χ0v) is 11.8. The van der Waals surface area contributed by atoms with E-state index in [0.717, 1.165) is 0 Å². The quantitative estimate of drug-likeness (QED) is 0.592. The van der Waals surface area contributed by atoms with E-state index >= 15 is 0 Å². The Balaban J connectivity index is 2.19. The Morgan fingerprint density at radius 1 is 1.45 bits per heavy atom. The van der Waals surface area contributed by atoms with Crippen LogP contribution in [0.4, 0.5) is 11.5 Å². The molecular weight excluding hydrogens is 280 g/mol. The molecule has 0 aliphatic carbocycles. The minimum atomic E-state index is -0.421. The van der Waals surface area contributed by atoms with Gasteiger partial charge < -0.3 is 10.7 Å². The number of halogens is 1. The number of nitrogens with zero attached hydrogens (tertiary/aromatic N) is 3. The van der Waals surface area contributed by atoms with Gasteiger partial charge >= 0.3 is 0 Å². The van der Waals surface area contributed by atoms with Crippen LogP contribution in [-0.2, 0) is 0 Å². The van der Waals surface area contributed by atoms with Crippen LogP contribution in [-0.4, -0.2) is 20.7 Å². The number of hydrogen-bond acceptors (Lipinski definition) is 5. The van der Waals surface area contributed by atoms with Crippen LogP contribution in [0, 0.1) is 0 Å². The van der Waals surface area contributed by atoms with Crippen molar-refractivity contribution in [3.63, 3.8) is 0 Å². The van der Waals surface area contributed by atoms with E-state index in [9.17, 15) is 4.79 Å². The zero-order chi connectivity index (χ0) is 14.7. The van der Waals surface area contributed by atoms with Crippen molar-refractivity contribution in [1.82, 2.24) is 14.8 Å². The molecule has 0 spiro atoms. The Labute approximate surface area is 121 Å².